The van der Waals surface area contributed by atoms with E-state index in [1.807, 2.05) is 19.1 Å². The number of hydrogen-bond acceptors (Lipinski definition) is 7. The molecule has 0 N–H and O–H groups in total. The zero-order chi connectivity index (χ0) is 25.2. The molecule has 1 aromatic heterocycles. The van der Waals surface area contributed by atoms with E-state index >= 15 is 0 Å². The van der Waals surface area contributed by atoms with Crippen LogP contribution in [-0.2, 0) is 22.4 Å². The van der Waals surface area contributed by atoms with Crippen molar-refractivity contribution in [2.75, 3.05) is 26.7 Å². The molecule has 0 saturated heterocycles. The molecule has 3 aromatic rings. The van der Waals surface area contributed by atoms with Gasteiger partial charge < -0.3 is 14.4 Å². The summed E-state index contributed by atoms with van der Waals surface area (Å²) in [6.07, 6.45) is 4.24. The molecule has 6 nitrogen and oxygen atoms in total. The van der Waals surface area contributed by atoms with E-state index in [9.17, 15) is 4.79 Å². The summed E-state index contributed by atoms with van der Waals surface area (Å²) in [5.74, 6) is 1.39. The van der Waals surface area contributed by atoms with E-state index in [1.165, 1.54) is 28.2 Å². The minimum atomic E-state index is -0.114. The normalized spacial score (nSPS) is 11.1. The summed E-state index contributed by atoms with van der Waals surface area (Å²) in [6, 6.07) is 12.6. The molecule has 3 rings (SSSR count). The summed E-state index contributed by atoms with van der Waals surface area (Å²) in [7, 11) is 2.15. The second-order valence-electron chi connectivity index (χ2n) is 8.89. The first-order valence-electron chi connectivity index (χ1n) is 12.4. The topological polar surface area (TPSA) is 64.6 Å². The van der Waals surface area contributed by atoms with Gasteiger partial charge >= 0.3 is 5.97 Å². The summed E-state index contributed by atoms with van der Waals surface area (Å²) in [6.45, 7) is 10.8. The SMILES string of the molecule is CCOC(=O)CCCCc1ccc(-c2nsc(Oc3cc(C)c(CCN(C)CC)cc3C)n2)cc1. The van der Waals surface area contributed by atoms with Gasteiger partial charge in [0.05, 0.1) is 6.61 Å². The number of ether oxygens (including phenoxy) is 2. The number of unbranched alkanes of at least 4 members (excludes halogenated alkanes) is 1. The average molecular weight is 496 g/mol. The summed E-state index contributed by atoms with van der Waals surface area (Å²) in [4.78, 5) is 18.4. The van der Waals surface area contributed by atoms with Gasteiger partial charge in [0.15, 0.2) is 5.82 Å². The molecule has 0 amide bonds. The minimum absolute atomic E-state index is 0.114. The number of carbonyl (C=O) groups is 1. The van der Waals surface area contributed by atoms with Crippen LogP contribution in [0.15, 0.2) is 36.4 Å². The highest BCUT2D eigenvalue weighted by molar-refractivity contribution is 7.07. The van der Waals surface area contributed by atoms with E-state index < -0.39 is 0 Å². The number of likely N-dealkylation sites (N-methyl/N-ethyl adjacent to an activating group) is 1. The molecule has 1 heterocycles. The predicted molar refractivity (Wildman–Crippen MR) is 142 cm³/mol. The number of nitrogens with zero attached hydrogens (tertiary/aromatic N) is 3. The van der Waals surface area contributed by atoms with Crippen molar-refractivity contribution in [2.24, 2.45) is 0 Å². The fourth-order valence-electron chi connectivity index (χ4n) is 3.81. The van der Waals surface area contributed by atoms with Crippen molar-refractivity contribution in [3.8, 4) is 22.3 Å². The maximum absolute atomic E-state index is 11.4. The first kappa shape index (κ1) is 26.8. The molecule has 0 unspecified atom stereocenters. The van der Waals surface area contributed by atoms with Crippen molar-refractivity contribution >= 4 is 17.5 Å². The molecule has 0 spiro atoms. The molecular formula is C28H37N3O3S. The van der Waals surface area contributed by atoms with Gasteiger partial charge in [0.1, 0.15) is 5.75 Å². The lowest BCUT2D eigenvalue weighted by Gasteiger charge is -2.16. The molecule has 188 valence electrons. The zero-order valence-corrected chi connectivity index (χ0v) is 22.4. The Morgan fingerprint density at radius 2 is 1.80 bits per heavy atom. The zero-order valence-electron chi connectivity index (χ0n) is 21.6. The smallest absolute Gasteiger partial charge is 0.305 e. The molecule has 7 heteroatoms. The van der Waals surface area contributed by atoms with Crippen molar-refractivity contribution in [1.82, 2.24) is 14.3 Å². The van der Waals surface area contributed by atoms with Crippen LogP contribution in [0.1, 0.15) is 55.4 Å². The van der Waals surface area contributed by atoms with E-state index in [1.54, 1.807) is 0 Å². The summed E-state index contributed by atoms with van der Waals surface area (Å²) < 4.78 is 15.6. The van der Waals surface area contributed by atoms with Crippen LogP contribution in [0.4, 0.5) is 0 Å². The lowest BCUT2D eigenvalue weighted by molar-refractivity contribution is -0.143. The van der Waals surface area contributed by atoms with Crippen LogP contribution in [0, 0.1) is 13.8 Å². The third-order valence-corrected chi connectivity index (χ3v) is 6.75. The summed E-state index contributed by atoms with van der Waals surface area (Å²) in [5.41, 5.74) is 5.90. The molecule has 0 bridgehead atoms. The number of esters is 1. The summed E-state index contributed by atoms with van der Waals surface area (Å²) in [5, 5.41) is 0.545. The number of carbonyl (C=O) groups excluding carboxylic acids is 1. The Bertz CT molecular complexity index is 1100. The molecular weight excluding hydrogens is 458 g/mol. The van der Waals surface area contributed by atoms with E-state index in [0.717, 1.165) is 55.6 Å². The van der Waals surface area contributed by atoms with Crippen molar-refractivity contribution in [2.45, 2.75) is 59.8 Å². The van der Waals surface area contributed by atoms with Gasteiger partial charge in [0.2, 0.25) is 0 Å². The Kier molecular flexibility index (Phi) is 10.2. The van der Waals surface area contributed by atoms with Crippen LogP contribution >= 0.6 is 11.5 Å². The number of hydrogen-bond donors (Lipinski definition) is 0. The second-order valence-corrected chi connectivity index (χ2v) is 9.60. The largest absolute Gasteiger partial charge is 0.466 e. The van der Waals surface area contributed by atoms with Crippen molar-refractivity contribution in [3.63, 3.8) is 0 Å². The van der Waals surface area contributed by atoms with Crippen molar-refractivity contribution in [1.29, 1.82) is 0 Å². The lowest BCUT2D eigenvalue weighted by atomic mass is 10.0. The second kappa shape index (κ2) is 13.4. The van der Waals surface area contributed by atoms with Gasteiger partial charge in [-0.3, -0.25) is 4.79 Å². The van der Waals surface area contributed by atoms with Crippen LogP contribution in [0.25, 0.3) is 11.4 Å². The fourth-order valence-corrected chi connectivity index (χ4v) is 4.38. The Morgan fingerprint density at radius 1 is 1.03 bits per heavy atom. The Labute approximate surface area is 213 Å². The minimum Gasteiger partial charge on any atom is -0.466 e. The van der Waals surface area contributed by atoms with Gasteiger partial charge in [-0.1, -0.05) is 37.3 Å². The molecule has 0 atom stereocenters. The average Bonchev–Trinajstić information content (AvgIpc) is 3.32. The van der Waals surface area contributed by atoms with E-state index in [-0.39, 0.29) is 5.97 Å². The Morgan fingerprint density at radius 3 is 2.51 bits per heavy atom. The monoisotopic (exact) mass is 495 g/mol. The standard InChI is InChI=1S/C28H37N3O3S/c1-6-31(5)17-16-24-18-21(4)25(19-20(24)3)34-28-29-27(30-35-28)23-14-12-22(13-15-23)10-8-9-11-26(32)33-7-2/h12-15,18-19H,6-11,16-17H2,1-5H3. The molecule has 2 aromatic carbocycles. The van der Waals surface area contributed by atoms with Crippen LogP contribution in [-0.4, -0.2) is 47.0 Å². The van der Waals surface area contributed by atoms with Crippen molar-refractivity contribution in [3.05, 3.63) is 58.7 Å². The van der Waals surface area contributed by atoms with Gasteiger partial charge in [-0.2, -0.15) is 9.36 Å². The van der Waals surface area contributed by atoms with Crippen LogP contribution in [0.5, 0.6) is 10.9 Å². The van der Waals surface area contributed by atoms with Gasteiger partial charge in [0, 0.05) is 30.1 Å². The van der Waals surface area contributed by atoms with Crippen LogP contribution in [0.2, 0.25) is 0 Å². The van der Waals surface area contributed by atoms with E-state index in [0.29, 0.717) is 24.0 Å². The summed E-state index contributed by atoms with van der Waals surface area (Å²) >= 11 is 1.27. The fraction of sp³-hybridized carbons (Fsp3) is 0.464. The molecule has 0 aliphatic heterocycles. The van der Waals surface area contributed by atoms with Gasteiger partial charge in [-0.05, 0) is 88.4 Å². The third-order valence-electron chi connectivity index (χ3n) is 6.15. The van der Waals surface area contributed by atoms with E-state index in [2.05, 4.69) is 66.3 Å². The van der Waals surface area contributed by atoms with Crippen LogP contribution in [0.3, 0.4) is 0 Å². The molecule has 0 aliphatic rings. The van der Waals surface area contributed by atoms with Crippen molar-refractivity contribution < 1.29 is 14.3 Å². The molecule has 0 radical (unpaired) electrons. The van der Waals surface area contributed by atoms with Crippen LogP contribution < -0.4 is 4.74 Å². The highest BCUT2D eigenvalue weighted by Gasteiger charge is 2.12. The molecule has 0 saturated carbocycles. The maximum atomic E-state index is 11.4. The molecule has 35 heavy (non-hydrogen) atoms. The quantitative estimate of drug-likeness (QED) is 0.202. The predicted octanol–water partition coefficient (Wildman–Crippen LogP) is 6.38. The lowest BCUT2D eigenvalue weighted by Crippen LogP contribution is -2.20. The number of benzene rings is 2. The first-order valence-corrected chi connectivity index (χ1v) is 13.2. The maximum Gasteiger partial charge on any atom is 0.305 e. The van der Waals surface area contributed by atoms with Gasteiger partial charge in [-0.15, -0.1) is 0 Å². The Hall–Kier alpha value is -2.77. The number of rotatable bonds is 13. The number of aromatic nitrogens is 2. The first-order chi connectivity index (χ1) is 16.9. The van der Waals surface area contributed by atoms with Gasteiger partial charge in [0.25, 0.3) is 5.19 Å². The highest BCUT2D eigenvalue weighted by Crippen LogP contribution is 2.31. The third kappa shape index (κ3) is 8.15. The van der Waals surface area contributed by atoms with Gasteiger partial charge in [-0.25, -0.2) is 0 Å². The Balaban J connectivity index is 1.56. The highest BCUT2D eigenvalue weighted by atomic mass is 32.1. The number of aryl methyl sites for hydroxylation is 3. The van der Waals surface area contributed by atoms with E-state index in [4.69, 9.17) is 9.47 Å². The molecule has 0 aliphatic carbocycles. The molecule has 0 fully saturated rings.